The molecule has 4 bridgehead atoms. The Morgan fingerprint density at radius 1 is 1.20 bits per heavy atom. The second-order valence-electron chi connectivity index (χ2n) is 8.32. The summed E-state index contributed by atoms with van der Waals surface area (Å²) < 4.78 is 6.85. The van der Waals surface area contributed by atoms with Gasteiger partial charge in [-0.1, -0.05) is 6.07 Å². The van der Waals surface area contributed by atoms with Gasteiger partial charge < -0.3 is 10.1 Å². The van der Waals surface area contributed by atoms with Gasteiger partial charge in [-0.2, -0.15) is 5.10 Å². The van der Waals surface area contributed by atoms with E-state index < -0.39 is 11.6 Å². The molecular formula is C21H22N6O3. The van der Waals surface area contributed by atoms with Gasteiger partial charge >= 0.3 is 6.09 Å². The standard InChI is InChI=1S/C21H22N6O3/c1-21(2)9-4-6-13-5-3-7-15(23-13)16-12-30-20(29)27(16)17-8-10-26-18(24-17)14(11-22-26)19(28)25-21/h3,5,7-8,10-11,16H,4,6,9,12H2,1-2H3,(H,25,28)/t16-/m1/s1. The normalized spacial score (nSPS) is 21.0. The molecule has 2 aliphatic heterocycles. The van der Waals surface area contributed by atoms with Gasteiger partial charge in [-0.25, -0.2) is 19.2 Å². The van der Waals surface area contributed by atoms with Crippen LogP contribution in [0.25, 0.3) is 5.65 Å². The number of aryl methyl sites for hydroxylation is 1. The minimum Gasteiger partial charge on any atom is -0.446 e. The zero-order valence-corrected chi connectivity index (χ0v) is 16.8. The summed E-state index contributed by atoms with van der Waals surface area (Å²) in [6.07, 6.45) is 5.13. The molecule has 30 heavy (non-hydrogen) atoms. The molecule has 1 fully saturated rings. The summed E-state index contributed by atoms with van der Waals surface area (Å²) in [5.74, 6) is 0.152. The number of anilines is 1. The molecule has 5 heterocycles. The fraction of sp³-hybridized carbons (Fsp3) is 0.381. The number of fused-ring (bicyclic) bond motifs is 6. The molecule has 2 amide bonds. The van der Waals surface area contributed by atoms with Crippen LogP contribution in [0.15, 0.2) is 36.7 Å². The zero-order chi connectivity index (χ0) is 20.9. The number of nitrogens with one attached hydrogen (secondary N) is 1. The van der Waals surface area contributed by atoms with E-state index in [0.717, 1.165) is 30.7 Å². The van der Waals surface area contributed by atoms with Crippen molar-refractivity contribution >= 4 is 23.5 Å². The predicted molar refractivity (Wildman–Crippen MR) is 108 cm³/mol. The summed E-state index contributed by atoms with van der Waals surface area (Å²) in [6, 6.07) is 7.15. The highest BCUT2D eigenvalue weighted by Gasteiger charge is 2.38. The van der Waals surface area contributed by atoms with Crippen LogP contribution in [0, 0.1) is 0 Å². The maximum atomic E-state index is 13.0. The molecule has 1 atom stereocenters. The molecule has 2 aliphatic rings. The van der Waals surface area contributed by atoms with Crippen molar-refractivity contribution in [1.29, 1.82) is 0 Å². The van der Waals surface area contributed by atoms with Crippen LogP contribution in [0.3, 0.4) is 0 Å². The van der Waals surface area contributed by atoms with Gasteiger partial charge in [0, 0.05) is 17.4 Å². The highest BCUT2D eigenvalue weighted by molar-refractivity contribution is 6.00. The minimum atomic E-state index is -0.486. The fourth-order valence-electron chi connectivity index (χ4n) is 4.02. The van der Waals surface area contributed by atoms with Crippen molar-refractivity contribution in [3.8, 4) is 0 Å². The number of amides is 2. The van der Waals surface area contributed by atoms with E-state index in [9.17, 15) is 9.59 Å². The third-order valence-electron chi connectivity index (χ3n) is 5.58. The molecule has 5 rings (SSSR count). The number of carbonyl (C=O) groups is 2. The topological polar surface area (TPSA) is 102 Å². The number of hydrogen-bond acceptors (Lipinski definition) is 6. The lowest BCUT2D eigenvalue weighted by Gasteiger charge is -2.26. The van der Waals surface area contributed by atoms with Gasteiger partial charge in [0.1, 0.15) is 24.0 Å². The number of pyridine rings is 1. The summed E-state index contributed by atoms with van der Waals surface area (Å²) in [5, 5.41) is 7.32. The van der Waals surface area contributed by atoms with Crippen molar-refractivity contribution in [2.75, 3.05) is 11.5 Å². The Morgan fingerprint density at radius 3 is 2.93 bits per heavy atom. The minimum absolute atomic E-state index is 0.196. The van der Waals surface area contributed by atoms with E-state index in [1.807, 2.05) is 32.0 Å². The highest BCUT2D eigenvalue weighted by atomic mass is 16.6. The van der Waals surface area contributed by atoms with Crippen LogP contribution in [-0.2, 0) is 11.2 Å². The van der Waals surface area contributed by atoms with Crippen molar-refractivity contribution in [2.45, 2.75) is 44.7 Å². The SMILES string of the molecule is CC1(C)CCCc2cccc(n2)[C@H]2COC(=O)N2c2ccn3ncc(c3n2)C(=O)N1. The molecule has 3 aromatic rings. The average Bonchev–Trinajstić information content (AvgIpc) is 3.30. The van der Waals surface area contributed by atoms with Crippen LogP contribution in [0.5, 0.6) is 0 Å². The maximum Gasteiger partial charge on any atom is 0.416 e. The summed E-state index contributed by atoms with van der Waals surface area (Å²) >= 11 is 0. The van der Waals surface area contributed by atoms with Crippen LogP contribution in [0.4, 0.5) is 10.6 Å². The third kappa shape index (κ3) is 3.16. The Hall–Kier alpha value is -3.49. The molecule has 0 aromatic carbocycles. The Labute approximate surface area is 173 Å². The summed E-state index contributed by atoms with van der Waals surface area (Å²) in [4.78, 5) is 36.4. The Balaban J connectivity index is 1.67. The van der Waals surface area contributed by atoms with Crippen LogP contribution in [0.2, 0.25) is 0 Å². The van der Waals surface area contributed by atoms with Gasteiger partial charge in [0.05, 0.1) is 11.9 Å². The lowest BCUT2D eigenvalue weighted by molar-refractivity contribution is 0.0910. The summed E-state index contributed by atoms with van der Waals surface area (Å²) in [6.45, 7) is 4.20. The van der Waals surface area contributed by atoms with Crippen LogP contribution < -0.4 is 10.2 Å². The first kappa shape index (κ1) is 18.5. The Kier molecular flexibility index (Phi) is 4.19. The third-order valence-corrected chi connectivity index (χ3v) is 5.58. The number of carbonyl (C=O) groups excluding carboxylic acids is 2. The van der Waals surface area contributed by atoms with E-state index >= 15 is 0 Å². The average molecular weight is 406 g/mol. The van der Waals surface area contributed by atoms with Gasteiger partial charge in [0.2, 0.25) is 0 Å². The smallest absolute Gasteiger partial charge is 0.416 e. The van der Waals surface area contributed by atoms with Crippen LogP contribution in [0.1, 0.15) is 54.5 Å². The first-order valence-electron chi connectivity index (χ1n) is 10.00. The molecule has 0 aliphatic carbocycles. The number of hydrogen-bond donors (Lipinski definition) is 1. The Bertz CT molecular complexity index is 1150. The van der Waals surface area contributed by atoms with Crippen molar-refractivity contribution in [2.24, 2.45) is 0 Å². The van der Waals surface area contributed by atoms with Gasteiger partial charge in [-0.3, -0.25) is 9.78 Å². The molecule has 0 radical (unpaired) electrons. The lowest BCUT2D eigenvalue weighted by atomic mass is 9.96. The molecule has 0 spiro atoms. The highest BCUT2D eigenvalue weighted by Crippen LogP contribution is 2.32. The molecule has 0 saturated carbocycles. The maximum absolute atomic E-state index is 13.0. The predicted octanol–water partition coefficient (Wildman–Crippen LogP) is 2.67. The van der Waals surface area contributed by atoms with E-state index in [4.69, 9.17) is 9.72 Å². The zero-order valence-electron chi connectivity index (χ0n) is 16.8. The van der Waals surface area contributed by atoms with E-state index in [2.05, 4.69) is 15.4 Å². The summed E-state index contributed by atoms with van der Waals surface area (Å²) in [5.41, 5.74) is 2.06. The van der Waals surface area contributed by atoms with Gasteiger partial charge in [-0.15, -0.1) is 0 Å². The van der Waals surface area contributed by atoms with E-state index in [-0.39, 0.29) is 18.6 Å². The molecule has 9 heteroatoms. The number of cyclic esters (lactones) is 1. The first-order chi connectivity index (χ1) is 14.4. The molecule has 3 aromatic heterocycles. The quantitative estimate of drug-likeness (QED) is 0.616. The fourth-order valence-corrected chi connectivity index (χ4v) is 4.02. The molecule has 0 unspecified atom stereocenters. The second-order valence-corrected chi connectivity index (χ2v) is 8.32. The van der Waals surface area contributed by atoms with Crippen molar-refractivity contribution < 1.29 is 14.3 Å². The van der Waals surface area contributed by atoms with E-state index in [1.54, 1.807) is 12.3 Å². The number of nitrogens with zero attached hydrogens (tertiary/aromatic N) is 5. The molecule has 1 N–H and O–H groups in total. The van der Waals surface area contributed by atoms with Crippen molar-refractivity contribution in [3.63, 3.8) is 0 Å². The first-order valence-corrected chi connectivity index (χ1v) is 10.00. The number of aromatic nitrogens is 4. The molecule has 1 saturated heterocycles. The second kappa shape index (κ2) is 6.79. The van der Waals surface area contributed by atoms with Gasteiger partial charge in [0.25, 0.3) is 5.91 Å². The van der Waals surface area contributed by atoms with Gasteiger partial charge in [-0.05, 0) is 51.3 Å². The molecule has 154 valence electrons. The molecule has 9 nitrogen and oxygen atoms in total. The van der Waals surface area contributed by atoms with E-state index in [0.29, 0.717) is 17.0 Å². The lowest BCUT2D eigenvalue weighted by Crippen LogP contribution is -2.43. The molecular weight excluding hydrogens is 384 g/mol. The van der Waals surface area contributed by atoms with Crippen molar-refractivity contribution in [3.05, 3.63) is 53.6 Å². The Morgan fingerprint density at radius 2 is 2.07 bits per heavy atom. The van der Waals surface area contributed by atoms with Crippen LogP contribution in [-0.4, -0.2) is 43.7 Å². The summed E-state index contributed by atoms with van der Waals surface area (Å²) in [7, 11) is 0. The monoisotopic (exact) mass is 406 g/mol. The van der Waals surface area contributed by atoms with Crippen LogP contribution >= 0.6 is 0 Å². The number of ether oxygens (including phenoxy) is 1. The van der Waals surface area contributed by atoms with E-state index in [1.165, 1.54) is 15.6 Å². The number of rotatable bonds is 0. The largest absolute Gasteiger partial charge is 0.446 e. The van der Waals surface area contributed by atoms with Crippen molar-refractivity contribution in [1.82, 2.24) is 24.9 Å². The van der Waals surface area contributed by atoms with Gasteiger partial charge in [0.15, 0.2) is 5.65 Å².